The molecule has 1 aromatic heterocycles. The van der Waals surface area contributed by atoms with E-state index in [-0.39, 0.29) is 17.8 Å². The number of thiazole rings is 1. The quantitative estimate of drug-likeness (QED) is 0.579. The summed E-state index contributed by atoms with van der Waals surface area (Å²) in [7, 11) is 1.34. The van der Waals surface area contributed by atoms with E-state index in [2.05, 4.69) is 31.1 Å². The number of methoxy groups -OCH3 is 1. The minimum Gasteiger partial charge on any atom is -0.466 e. The van der Waals surface area contributed by atoms with Gasteiger partial charge in [0.2, 0.25) is 5.91 Å². The summed E-state index contributed by atoms with van der Waals surface area (Å²) in [6.07, 6.45) is 3.14. The van der Waals surface area contributed by atoms with E-state index in [1.54, 1.807) is 12.3 Å². The first kappa shape index (κ1) is 23.1. The molecule has 34 heavy (non-hydrogen) atoms. The molecule has 1 N–H and O–H groups in total. The van der Waals surface area contributed by atoms with Gasteiger partial charge < -0.3 is 15.0 Å². The van der Waals surface area contributed by atoms with Crippen molar-refractivity contribution in [2.45, 2.75) is 24.9 Å². The number of hydrogen-bond acceptors (Lipinski definition) is 8. The molecule has 2 atom stereocenters. The summed E-state index contributed by atoms with van der Waals surface area (Å²) in [6, 6.07) is 3.84. The molecule has 11 heteroatoms. The van der Waals surface area contributed by atoms with E-state index in [1.807, 2.05) is 10.3 Å². The van der Waals surface area contributed by atoms with Crippen molar-refractivity contribution in [3.8, 4) is 0 Å². The number of benzene rings is 1. The lowest BCUT2D eigenvalue weighted by molar-refractivity contribution is -0.136. The molecule has 2 saturated heterocycles. The fourth-order valence-electron chi connectivity index (χ4n) is 4.76. The summed E-state index contributed by atoms with van der Waals surface area (Å²) < 4.78 is 19.5. The molecule has 1 amide bonds. The first-order valence-corrected chi connectivity index (χ1v) is 12.6. The Labute approximate surface area is 208 Å². The molecule has 3 aliphatic rings. The summed E-state index contributed by atoms with van der Waals surface area (Å²) in [6.45, 7) is 2.57. The first-order chi connectivity index (χ1) is 16.4. The normalized spacial score (nSPS) is 23.0. The van der Waals surface area contributed by atoms with Crippen LogP contribution in [0.5, 0.6) is 0 Å². The Bertz CT molecular complexity index is 1190. The van der Waals surface area contributed by atoms with Crippen molar-refractivity contribution in [1.82, 2.24) is 20.1 Å². The molecular weight excluding hydrogens is 525 g/mol. The van der Waals surface area contributed by atoms with Crippen LogP contribution in [0, 0.1) is 5.82 Å². The molecule has 0 radical (unpaired) electrons. The number of amides is 1. The van der Waals surface area contributed by atoms with Crippen LogP contribution in [0.4, 0.5) is 4.39 Å². The molecule has 3 aliphatic heterocycles. The lowest BCUT2D eigenvalue weighted by atomic mass is 9.95. The average molecular weight is 548 g/mol. The van der Waals surface area contributed by atoms with Gasteiger partial charge in [0.15, 0.2) is 10.8 Å². The molecule has 0 spiro atoms. The van der Waals surface area contributed by atoms with E-state index in [0.29, 0.717) is 58.2 Å². The van der Waals surface area contributed by atoms with E-state index in [1.165, 1.54) is 30.6 Å². The fraction of sp³-hybridized carbons (Fsp3) is 0.391. The van der Waals surface area contributed by atoms with Gasteiger partial charge in [0.1, 0.15) is 11.9 Å². The highest BCUT2D eigenvalue weighted by atomic mass is 79.9. The Kier molecular flexibility index (Phi) is 6.50. The third-order valence-corrected chi connectivity index (χ3v) is 7.85. The second-order valence-electron chi connectivity index (χ2n) is 8.41. The molecule has 0 aliphatic carbocycles. The standard InChI is InChI=1S/C23H23BrFN5O3S/c1-33-23(32)19-17(12-29-7-8-30-14(11-29)3-5-18(30)31)27-21(22-26-6-9-34-22)28-20(19)15-4-2-13(25)10-16(15)24/h2,4,6,9-10,14,20H,3,5,7-8,11-12H2,1H3,(H,27,28)/t14-,20+/m1/s1. The van der Waals surface area contributed by atoms with Crippen molar-refractivity contribution >= 4 is 45.0 Å². The maximum Gasteiger partial charge on any atom is 0.338 e. The van der Waals surface area contributed by atoms with Gasteiger partial charge in [-0.05, 0) is 24.1 Å². The second-order valence-corrected chi connectivity index (χ2v) is 10.2. The Morgan fingerprint density at radius 1 is 1.38 bits per heavy atom. The highest BCUT2D eigenvalue weighted by molar-refractivity contribution is 9.10. The smallest absolute Gasteiger partial charge is 0.338 e. The third kappa shape index (κ3) is 4.39. The van der Waals surface area contributed by atoms with E-state index >= 15 is 0 Å². The van der Waals surface area contributed by atoms with Crippen LogP contribution in [-0.2, 0) is 14.3 Å². The first-order valence-electron chi connectivity index (χ1n) is 11.0. The van der Waals surface area contributed by atoms with Gasteiger partial charge in [0, 0.05) is 60.4 Å². The van der Waals surface area contributed by atoms with Crippen molar-refractivity contribution in [1.29, 1.82) is 0 Å². The van der Waals surface area contributed by atoms with E-state index < -0.39 is 12.0 Å². The number of aliphatic imine (C=N–C) groups is 1. The Morgan fingerprint density at radius 3 is 2.97 bits per heavy atom. The number of ether oxygens (including phenoxy) is 1. The predicted molar refractivity (Wildman–Crippen MR) is 129 cm³/mol. The Hall–Kier alpha value is -2.63. The zero-order valence-electron chi connectivity index (χ0n) is 18.5. The van der Waals surface area contributed by atoms with Gasteiger partial charge >= 0.3 is 5.97 Å². The van der Waals surface area contributed by atoms with Crippen LogP contribution in [0.2, 0.25) is 0 Å². The van der Waals surface area contributed by atoms with E-state index in [0.717, 1.165) is 13.0 Å². The number of carbonyl (C=O) groups excluding carboxylic acids is 2. The number of halogens is 2. The van der Waals surface area contributed by atoms with Crippen LogP contribution in [-0.4, -0.2) is 71.8 Å². The van der Waals surface area contributed by atoms with Gasteiger partial charge in [-0.25, -0.2) is 14.2 Å². The van der Waals surface area contributed by atoms with Crippen LogP contribution < -0.4 is 5.32 Å². The molecule has 2 fully saturated rings. The predicted octanol–water partition coefficient (Wildman–Crippen LogP) is 2.87. The van der Waals surface area contributed by atoms with Gasteiger partial charge in [-0.2, -0.15) is 0 Å². The molecular formula is C23H23BrFN5O3S. The number of rotatable bonds is 5. The van der Waals surface area contributed by atoms with Gasteiger partial charge in [-0.3, -0.25) is 14.7 Å². The molecule has 1 aromatic carbocycles. The van der Waals surface area contributed by atoms with Crippen LogP contribution in [0.15, 0.2) is 50.5 Å². The van der Waals surface area contributed by atoms with Gasteiger partial charge in [0.05, 0.1) is 12.7 Å². The monoisotopic (exact) mass is 547 g/mol. The molecule has 8 nitrogen and oxygen atoms in total. The molecule has 0 bridgehead atoms. The number of amidine groups is 1. The lowest BCUT2D eigenvalue weighted by Crippen LogP contribution is -2.52. The number of nitrogens with one attached hydrogen (secondary N) is 1. The van der Waals surface area contributed by atoms with Crippen LogP contribution >= 0.6 is 27.3 Å². The minimum absolute atomic E-state index is 0.196. The zero-order chi connectivity index (χ0) is 23.8. The molecule has 0 unspecified atom stereocenters. The number of piperazine rings is 1. The molecule has 4 heterocycles. The topological polar surface area (TPSA) is 87.1 Å². The molecule has 178 valence electrons. The maximum absolute atomic E-state index is 13.8. The van der Waals surface area contributed by atoms with Crippen LogP contribution in [0.25, 0.3) is 0 Å². The molecule has 0 saturated carbocycles. The number of carbonyl (C=O) groups is 2. The SMILES string of the molecule is COC(=O)C1=C(CN2CCN3C(=O)CC[C@@H]3C2)NC(c2nccs2)=N[C@H]1c1ccc(F)cc1Br. The Morgan fingerprint density at radius 2 is 2.24 bits per heavy atom. The summed E-state index contributed by atoms with van der Waals surface area (Å²) >= 11 is 4.88. The second kappa shape index (κ2) is 9.55. The maximum atomic E-state index is 13.8. The lowest BCUT2D eigenvalue weighted by Gasteiger charge is -2.39. The summed E-state index contributed by atoms with van der Waals surface area (Å²) in [5.41, 5.74) is 1.70. The van der Waals surface area contributed by atoms with Crippen molar-refractivity contribution in [3.05, 3.63) is 61.9 Å². The summed E-state index contributed by atoms with van der Waals surface area (Å²) in [5, 5.41) is 5.88. The largest absolute Gasteiger partial charge is 0.466 e. The molecule has 2 aromatic rings. The highest BCUT2D eigenvalue weighted by Gasteiger charge is 2.38. The van der Waals surface area contributed by atoms with E-state index in [9.17, 15) is 14.0 Å². The van der Waals surface area contributed by atoms with Gasteiger partial charge in [-0.15, -0.1) is 11.3 Å². The summed E-state index contributed by atoms with van der Waals surface area (Å²) in [4.78, 5) is 38.5. The number of aromatic nitrogens is 1. The van der Waals surface area contributed by atoms with E-state index in [4.69, 9.17) is 9.73 Å². The van der Waals surface area contributed by atoms with Gasteiger partial charge in [0.25, 0.3) is 0 Å². The minimum atomic E-state index is -0.702. The summed E-state index contributed by atoms with van der Waals surface area (Å²) in [5.74, 6) is -0.121. The fourth-order valence-corrected chi connectivity index (χ4v) is 5.92. The van der Waals surface area contributed by atoms with Gasteiger partial charge in [-0.1, -0.05) is 22.0 Å². The number of nitrogens with zero attached hydrogens (tertiary/aromatic N) is 4. The van der Waals surface area contributed by atoms with Crippen LogP contribution in [0.1, 0.15) is 29.5 Å². The zero-order valence-corrected chi connectivity index (χ0v) is 20.9. The average Bonchev–Trinajstić information content (AvgIpc) is 3.49. The van der Waals surface area contributed by atoms with Crippen molar-refractivity contribution in [2.75, 3.05) is 33.3 Å². The van der Waals surface area contributed by atoms with Crippen molar-refractivity contribution < 1.29 is 18.7 Å². The number of esters is 1. The third-order valence-electron chi connectivity index (χ3n) is 6.38. The number of hydrogen-bond donors (Lipinski definition) is 1. The Balaban J connectivity index is 1.54. The van der Waals surface area contributed by atoms with Crippen molar-refractivity contribution in [3.63, 3.8) is 0 Å². The van der Waals surface area contributed by atoms with Crippen molar-refractivity contribution in [2.24, 2.45) is 4.99 Å². The van der Waals surface area contributed by atoms with Crippen LogP contribution in [0.3, 0.4) is 0 Å². The highest BCUT2D eigenvalue weighted by Crippen LogP contribution is 2.37. The molecule has 5 rings (SSSR count). The number of fused-ring (bicyclic) bond motifs is 1.